The SMILES string of the molecule is CN(C)CC(C)(O)CNC(=O)NC1CCN(CC2CCCC2)C1. The summed E-state index contributed by atoms with van der Waals surface area (Å²) < 4.78 is 0. The van der Waals surface area contributed by atoms with Gasteiger partial charge in [0, 0.05) is 38.8 Å². The number of hydrogen-bond acceptors (Lipinski definition) is 4. The molecule has 6 heteroatoms. The van der Waals surface area contributed by atoms with Crippen LogP contribution in [0, 0.1) is 5.92 Å². The smallest absolute Gasteiger partial charge is 0.315 e. The number of carbonyl (C=O) groups is 1. The Kier molecular flexibility index (Phi) is 6.68. The van der Waals surface area contributed by atoms with E-state index in [9.17, 15) is 9.90 Å². The summed E-state index contributed by atoms with van der Waals surface area (Å²) in [6.07, 6.45) is 6.53. The van der Waals surface area contributed by atoms with E-state index in [1.807, 2.05) is 19.0 Å². The summed E-state index contributed by atoms with van der Waals surface area (Å²) in [4.78, 5) is 16.4. The quantitative estimate of drug-likeness (QED) is 0.649. The number of carbonyl (C=O) groups excluding carboxylic acids is 1. The van der Waals surface area contributed by atoms with Gasteiger partial charge in [0.15, 0.2) is 0 Å². The van der Waals surface area contributed by atoms with E-state index in [2.05, 4.69) is 15.5 Å². The van der Waals surface area contributed by atoms with Crippen molar-refractivity contribution in [3.63, 3.8) is 0 Å². The third-order valence-corrected chi connectivity index (χ3v) is 4.89. The maximum absolute atomic E-state index is 12.0. The molecule has 2 aliphatic rings. The van der Waals surface area contributed by atoms with E-state index in [0.717, 1.165) is 25.4 Å². The number of aliphatic hydroxyl groups is 1. The van der Waals surface area contributed by atoms with Crippen LogP contribution in [0.25, 0.3) is 0 Å². The number of nitrogens with one attached hydrogen (secondary N) is 2. The summed E-state index contributed by atoms with van der Waals surface area (Å²) in [5.41, 5.74) is -0.912. The molecule has 2 amide bonds. The van der Waals surface area contributed by atoms with Crippen LogP contribution in [-0.2, 0) is 0 Å². The molecule has 3 N–H and O–H groups in total. The Balaban J connectivity index is 1.64. The van der Waals surface area contributed by atoms with Crippen LogP contribution in [0.4, 0.5) is 4.79 Å². The third kappa shape index (κ3) is 6.65. The fourth-order valence-corrected chi connectivity index (χ4v) is 3.92. The predicted molar refractivity (Wildman–Crippen MR) is 92.5 cm³/mol. The van der Waals surface area contributed by atoms with Gasteiger partial charge in [-0.1, -0.05) is 12.8 Å². The van der Waals surface area contributed by atoms with Crippen molar-refractivity contribution in [1.82, 2.24) is 20.4 Å². The van der Waals surface area contributed by atoms with Gasteiger partial charge in [0.05, 0.1) is 5.60 Å². The van der Waals surface area contributed by atoms with Crippen molar-refractivity contribution in [3.8, 4) is 0 Å². The first-order chi connectivity index (χ1) is 10.8. The number of urea groups is 1. The number of rotatable bonds is 7. The largest absolute Gasteiger partial charge is 0.387 e. The Labute approximate surface area is 140 Å². The number of hydrogen-bond donors (Lipinski definition) is 3. The second-order valence-corrected chi connectivity index (χ2v) is 7.96. The molecule has 1 saturated carbocycles. The minimum atomic E-state index is -0.912. The van der Waals surface area contributed by atoms with E-state index >= 15 is 0 Å². The summed E-state index contributed by atoms with van der Waals surface area (Å²) in [5, 5.41) is 16.0. The number of nitrogens with zero attached hydrogens (tertiary/aromatic N) is 2. The number of likely N-dealkylation sites (N-methyl/N-ethyl adjacent to an activating group) is 1. The molecule has 0 spiro atoms. The van der Waals surface area contributed by atoms with Gasteiger partial charge in [0.1, 0.15) is 0 Å². The Hall–Kier alpha value is -0.850. The molecular weight excluding hydrogens is 292 g/mol. The first-order valence-electron chi connectivity index (χ1n) is 8.98. The van der Waals surface area contributed by atoms with Crippen LogP contribution in [0.1, 0.15) is 39.0 Å². The Morgan fingerprint density at radius 3 is 2.65 bits per heavy atom. The molecule has 23 heavy (non-hydrogen) atoms. The molecular formula is C17H34N4O2. The van der Waals surface area contributed by atoms with Crippen LogP contribution in [0.3, 0.4) is 0 Å². The zero-order valence-corrected chi connectivity index (χ0v) is 15.0. The second-order valence-electron chi connectivity index (χ2n) is 7.96. The van der Waals surface area contributed by atoms with Gasteiger partial charge in [-0.3, -0.25) is 0 Å². The lowest BCUT2D eigenvalue weighted by Gasteiger charge is -2.27. The van der Waals surface area contributed by atoms with E-state index in [1.165, 1.54) is 32.2 Å². The molecule has 2 fully saturated rings. The highest BCUT2D eigenvalue weighted by Gasteiger charge is 2.27. The number of likely N-dealkylation sites (tertiary alicyclic amines) is 1. The van der Waals surface area contributed by atoms with Crippen LogP contribution in [-0.4, -0.2) is 79.4 Å². The second kappa shape index (κ2) is 8.31. The van der Waals surface area contributed by atoms with Crippen molar-refractivity contribution < 1.29 is 9.90 Å². The molecule has 2 atom stereocenters. The van der Waals surface area contributed by atoms with E-state index in [-0.39, 0.29) is 18.6 Å². The Bertz CT molecular complexity index is 381. The van der Waals surface area contributed by atoms with Gasteiger partial charge >= 0.3 is 6.03 Å². The lowest BCUT2D eigenvalue weighted by molar-refractivity contribution is 0.0359. The highest BCUT2D eigenvalue weighted by molar-refractivity contribution is 5.74. The molecule has 0 radical (unpaired) electrons. The summed E-state index contributed by atoms with van der Waals surface area (Å²) in [5.74, 6) is 0.865. The van der Waals surface area contributed by atoms with Gasteiger partial charge in [-0.2, -0.15) is 0 Å². The predicted octanol–water partition coefficient (Wildman–Crippen LogP) is 0.863. The maximum atomic E-state index is 12.0. The molecule has 2 unspecified atom stereocenters. The minimum Gasteiger partial charge on any atom is -0.387 e. The lowest BCUT2D eigenvalue weighted by atomic mass is 10.1. The fourth-order valence-electron chi connectivity index (χ4n) is 3.92. The van der Waals surface area contributed by atoms with Crippen molar-refractivity contribution in [2.75, 3.05) is 46.8 Å². The standard InChI is InChI=1S/C17H34N4O2/c1-17(23,13-20(2)3)12-18-16(22)19-15-8-9-21(11-15)10-14-6-4-5-7-14/h14-15,23H,4-13H2,1-3H3,(H2,18,19,22). The normalized spacial score (nSPS) is 25.7. The van der Waals surface area contributed by atoms with Crippen LogP contribution in [0.2, 0.25) is 0 Å². The van der Waals surface area contributed by atoms with Crippen molar-refractivity contribution in [1.29, 1.82) is 0 Å². The zero-order valence-electron chi connectivity index (χ0n) is 15.0. The van der Waals surface area contributed by atoms with Gasteiger partial charge < -0.3 is 25.5 Å². The van der Waals surface area contributed by atoms with Gasteiger partial charge in [-0.25, -0.2) is 4.79 Å². The van der Waals surface area contributed by atoms with E-state index in [1.54, 1.807) is 6.92 Å². The summed E-state index contributed by atoms with van der Waals surface area (Å²) in [6.45, 7) is 5.75. The molecule has 134 valence electrons. The van der Waals surface area contributed by atoms with Crippen LogP contribution in [0.15, 0.2) is 0 Å². The molecule has 1 aliphatic carbocycles. The first-order valence-corrected chi connectivity index (χ1v) is 8.98. The van der Waals surface area contributed by atoms with Crippen molar-refractivity contribution >= 4 is 6.03 Å². The maximum Gasteiger partial charge on any atom is 0.315 e. The molecule has 1 saturated heterocycles. The van der Waals surface area contributed by atoms with Crippen molar-refractivity contribution in [2.45, 2.75) is 50.7 Å². The van der Waals surface area contributed by atoms with E-state index < -0.39 is 5.60 Å². The minimum absolute atomic E-state index is 0.170. The van der Waals surface area contributed by atoms with E-state index in [0.29, 0.717) is 6.54 Å². The third-order valence-electron chi connectivity index (χ3n) is 4.89. The fraction of sp³-hybridized carbons (Fsp3) is 0.941. The highest BCUT2D eigenvalue weighted by Crippen LogP contribution is 2.26. The average Bonchev–Trinajstić information content (AvgIpc) is 3.08. The zero-order chi connectivity index (χ0) is 16.9. The van der Waals surface area contributed by atoms with Crippen molar-refractivity contribution in [2.24, 2.45) is 5.92 Å². The average molecular weight is 326 g/mol. The molecule has 2 rings (SSSR count). The Morgan fingerprint density at radius 2 is 2.00 bits per heavy atom. The molecule has 0 aromatic carbocycles. The Morgan fingerprint density at radius 1 is 1.30 bits per heavy atom. The highest BCUT2D eigenvalue weighted by atomic mass is 16.3. The first kappa shape index (κ1) is 18.5. The van der Waals surface area contributed by atoms with Gasteiger partial charge in [0.25, 0.3) is 0 Å². The molecule has 0 aromatic rings. The summed E-state index contributed by atoms with van der Waals surface area (Å²) in [6, 6.07) is 0.0620. The van der Waals surface area contributed by atoms with Gasteiger partial charge in [0.2, 0.25) is 0 Å². The summed E-state index contributed by atoms with van der Waals surface area (Å²) in [7, 11) is 3.82. The molecule has 1 heterocycles. The summed E-state index contributed by atoms with van der Waals surface area (Å²) >= 11 is 0. The monoisotopic (exact) mass is 326 g/mol. The topological polar surface area (TPSA) is 67.8 Å². The molecule has 6 nitrogen and oxygen atoms in total. The van der Waals surface area contributed by atoms with Crippen LogP contribution < -0.4 is 10.6 Å². The molecule has 1 aliphatic heterocycles. The molecule has 0 bridgehead atoms. The van der Waals surface area contributed by atoms with Crippen LogP contribution in [0.5, 0.6) is 0 Å². The van der Waals surface area contributed by atoms with Crippen LogP contribution >= 0.6 is 0 Å². The van der Waals surface area contributed by atoms with Crippen molar-refractivity contribution in [3.05, 3.63) is 0 Å². The van der Waals surface area contributed by atoms with Gasteiger partial charge in [-0.15, -0.1) is 0 Å². The lowest BCUT2D eigenvalue weighted by Crippen LogP contribution is -2.51. The molecule has 0 aromatic heterocycles. The van der Waals surface area contributed by atoms with E-state index in [4.69, 9.17) is 0 Å². The number of amides is 2. The van der Waals surface area contributed by atoms with Gasteiger partial charge in [-0.05, 0) is 46.2 Å².